The van der Waals surface area contributed by atoms with Gasteiger partial charge in [0, 0.05) is 13.2 Å². The summed E-state index contributed by atoms with van der Waals surface area (Å²) >= 11 is 0. The predicted molar refractivity (Wildman–Crippen MR) is 62.6 cm³/mol. The first-order valence-corrected chi connectivity index (χ1v) is 5.42. The maximum absolute atomic E-state index is 5.49. The standard InChI is InChI=1S/C12H19NO2/c1-3-14-10-9-13-11-7-5-6-8-12(11)15-4-2/h5-8,13H,3-4,9-10H2,1-2H3. The average Bonchev–Trinajstić information content (AvgIpc) is 2.27. The van der Waals surface area contributed by atoms with E-state index >= 15 is 0 Å². The summed E-state index contributed by atoms with van der Waals surface area (Å²) < 4.78 is 10.7. The Labute approximate surface area is 91.4 Å². The molecule has 0 atom stereocenters. The molecular formula is C12H19NO2. The maximum atomic E-state index is 5.49. The molecule has 0 aliphatic heterocycles. The second-order valence-corrected chi connectivity index (χ2v) is 3.05. The van der Waals surface area contributed by atoms with E-state index in [1.165, 1.54) is 0 Å². The van der Waals surface area contributed by atoms with Gasteiger partial charge in [-0.25, -0.2) is 0 Å². The quantitative estimate of drug-likeness (QED) is 0.700. The minimum absolute atomic E-state index is 0.685. The molecule has 3 nitrogen and oxygen atoms in total. The monoisotopic (exact) mass is 209 g/mol. The number of hydrogen-bond acceptors (Lipinski definition) is 3. The molecule has 0 saturated heterocycles. The van der Waals surface area contributed by atoms with Crippen LogP contribution in [0.3, 0.4) is 0 Å². The number of anilines is 1. The van der Waals surface area contributed by atoms with Gasteiger partial charge in [-0.2, -0.15) is 0 Å². The highest BCUT2D eigenvalue weighted by Crippen LogP contribution is 2.23. The van der Waals surface area contributed by atoms with Crippen LogP contribution in [0.25, 0.3) is 0 Å². The van der Waals surface area contributed by atoms with E-state index in [4.69, 9.17) is 9.47 Å². The van der Waals surface area contributed by atoms with Crippen LogP contribution in [0.5, 0.6) is 5.75 Å². The first-order valence-electron chi connectivity index (χ1n) is 5.42. The van der Waals surface area contributed by atoms with E-state index in [-0.39, 0.29) is 0 Å². The molecule has 3 heteroatoms. The molecule has 1 rings (SSSR count). The van der Waals surface area contributed by atoms with Crippen molar-refractivity contribution >= 4 is 5.69 Å². The smallest absolute Gasteiger partial charge is 0.142 e. The van der Waals surface area contributed by atoms with Gasteiger partial charge in [-0.1, -0.05) is 12.1 Å². The van der Waals surface area contributed by atoms with Crippen molar-refractivity contribution in [1.29, 1.82) is 0 Å². The van der Waals surface area contributed by atoms with Crippen LogP contribution in [0, 0.1) is 0 Å². The Bertz CT molecular complexity index is 276. The lowest BCUT2D eigenvalue weighted by Gasteiger charge is -2.11. The molecule has 0 aliphatic rings. The van der Waals surface area contributed by atoms with Crippen molar-refractivity contribution in [3.8, 4) is 5.75 Å². The van der Waals surface area contributed by atoms with Gasteiger partial charge in [-0.05, 0) is 26.0 Å². The molecular weight excluding hydrogens is 190 g/mol. The van der Waals surface area contributed by atoms with Gasteiger partial charge >= 0.3 is 0 Å². The van der Waals surface area contributed by atoms with E-state index in [1.807, 2.05) is 38.1 Å². The highest BCUT2D eigenvalue weighted by molar-refractivity contribution is 5.56. The van der Waals surface area contributed by atoms with E-state index in [2.05, 4.69) is 5.32 Å². The van der Waals surface area contributed by atoms with Gasteiger partial charge in [0.05, 0.1) is 18.9 Å². The molecule has 0 spiro atoms. The van der Waals surface area contributed by atoms with Crippen LogP contribution in [-0.2, 0) is 4.74 Å². The number of nitrogens with one attached hydrogen (secondary N) is 1. The zero-order chi connectivity index (χ0) is 10.9. The van der Waals surface area contributed by atoms with Gasteiger partial charge < -0.3 is 14.8 Å². The Morgan fingerprint density at radius 2 is 1.93 bits per heavy atom. The molecule has 0 aliphatic carbocycles. The summed E-state index contributed by atoms with van der Waals surface area (Å²) in [6.07, 6.45) is 0. The second kappa shape index (κ2) is 7.12. The third-order valence-electron chi connectivity index (χ3n) is 1.95. The fourth-order valence-electron chi connectivity index (χ4n) is 1.30. The molecule has 0 amide bonds. The minimum atomic E-state index is 0.685. The van der Waals surface area contributed by atoms with Gasteiger partial charge in [0.2, 0.25) is 0 Å². The Morgan fingerprint density at radius 1 is 1.13 bits per heavy atom. The van der Waals surface area contributed by atoms with Crippen molar-refractivity contribution in [1.82, 2.24) is 0 Å². The molecule has 0 saturated carbocycles. The number of rotatable bonds is 7. The van der Waals surface area contributed by atoms with Crippen LogP contribution in [0.1, 0.15) is 13.8 Å². The molecule has 0 heterocycles. The fourth-order valence-corrected chi connectivity index (χ4v) is 1.30. The average molecular weight is 209 g/mol. The van der Waals surface area contributed by atoms with Crippen molar-refractivity contribution in [2.75, 3.05) is 31.7 Å². The lowest BCUT2D eigenvalue weighted by atomic mass is 10.3. The van der Waals surface area contributed by atoms with Gasteiger partial charge in [0.25, 0.3) is 0 Å². The normalized spacial score (nSPS) is 10.0. The van der Waals surface area contributed by atoms with Gasteiger partial charge in [-0.3, -0.25) is 0 Å². The lowest BCUT2D eigenvalue weighted by Crippen LogP contribution is -2.10. The summed E-state index contributed by atoms with van der Waals surface area (Å²) in [7, 11) is 0. The highest BCUT2D eigenvalue weighted by Gasteiger charge is 2.00. The molecule has 0 radical (unpaired) electrons. The van der Waals surface area contributed by atoms with Crippen LogP contribution in [0.15, 0.2) is 24.3 Å². The topological polar surface area (TPSA) is 30.5 Å². The molecule has 15 heavy (non-hydrogen) atoms. The summed E-state index contributed by atoms with van der Waals surface area (Å²) in [5.41, 5.74) is 1.03. The number of benzene rings is 1. The molecule has 1 aromatic rings. The maximum Gasteiger partial charge on any atom is 0.142 e. The summed E-state index contributed by atoms with van der Waals surface area (Å²) in [4.78, 5) is 0. The lowest BCUT2D eigenvalue weighted by molar-refractivity contribution is 0.158. The predicted octanol–water partition coefficient (Wildman–Crippen LogP) is 2.53. The van der Waals surface area contributed by atoms with Crippen molar-refractivity contribution in [3.05, 3.63) is 24.3 Å². The Hall–Kier alpha value is -1.22. The number of hydrogen-bond donors (Lipinski definition) is 1. The Morgan fingerprint density at radius 3 is 2.67 bits per heavy atom. The molecule has 1 aromatic carbocycles. The number of para-hydroxylation sites is 2. The zero-order valence-electron chi connectivity index (χ0n) is 9.45. The summed E-state index contributed by atoms with van der Waals surface area (Å²) in [5, 5.41) is 3.28. The third-order valence-corrected chi connectivity index (χ3v) is 1.95. The van der Waals surface area contributed by atoms with E-state index in [0.29, 0.717) is 6.61 Å². The van der Waals surface area contributed by atoms with Crippen LogP contribution < -0.4 is 10.1 Å². The third kappa shape index (κ3) is 4.21. The first-order chi connectivity index (χ1) is 7.38. The van der Waals surface area contributed by atoms with Crippen LogP contribution >= 0.6 is 0 Å². The minimum Gasteiger partial charge on any atom is -0.492 e. The van der Waals surface area contributed by atoms with E-state index < -0.39 is 0 Å². The molecule has 0 bridgehead atoms. The summed E-state index contributed by atoms with van der Waals surface area (Å²) in [6, 6.07) is 7.94. The van der Waals surface area contributed by atoms with E-state index in [0.717, 1.165) is 31.2 Å². The molecule has 84 valence electrons. The second-order valence-electron chi connectivity index (χ2n) is 3.05. The van der Waals surface area contributed by atoms with E-state index in [1.54, 1.807) is 0 Å². The van der Waals surface area contributed by atoms with E-state index in [9.17, 15) is 0 Å². The summed E-state index contributed by atoms with van der Waals surface area (Å²) in [5.74, 6) is 0.900. The summed E-state index contributed by atoms with van der Waals surface area (Å²) in [6.45, 7) is 6.94. The van der Waals surface area contributed by atoms with Crippen molar-refractivity contribution in [2.24, 2.45) is 0 Å². The molecule has 0 aromatic heterocycles. The Kier molecular flexibility index (Phi) is 5.63. The van der Waals surface area contributed by atoms with Crippen molar-refractivity contribution in [3.63, 3.8) is 0 Å². The van der Waals surface area contributed by atoms with Gasteiger partial charge in [0.1, 0.15) is 5.75 Å². The number of ether oxygens (including phenoxy) is 2. The molecule has 0 fully saturated rings. The van der Waals surface area contributed by atoms with Crippen molar-refractivity contribution < 1.29 is 9.47 Å². The van der Waals surface area contributed by atoms with Crippen LogP contribution in [0.2, 0.25) is 0 Å². The molecule has 0 unspecified atom stereocenters. The highest BCUT2D eigenvalue weighted by atomic mass is 16.5. The largest absolute Gasteiger partial charge is 0.492 e. The van der Waals surface area contributed by atoms with Gasteiger partial charge in [0.15, 0.2) is 0 Å². The zero-order valence-corrected chi connectivity index (χ0v) is 9.45. The molecule has 1 N–H and O–H groups in total. The SMILES string of the molecule is CCOCCNc1ccccc1OCC. The van der Waals surface area contributed by atoms with Gasteiger partial charge in [-0.15, -0.1) is 0 Å². The fraction of sp³-hybridized carbons (Fsp3) is 0.500. The van der Waals surface area contributed by atoms with Crippen LogP contribution in [0.4, 0.5) is 5.69 Å². The van der Waals surface area contributed by atoms with Crippen molar-refractivity contribution in [2.45, 2.75) is 13.8 Å². The first kappa shape index (κ1) is 11.9. The Balaban J connectivity index is 2.44. The van der Waals surface area contributed by atoms with Crippen LogP contribution in [-0.4, -0.2) is 26.4 Å².